The first-order chi connectivity index (χ1) is 11.3. The Morgan fingerprint density at radius 3 is 1.96 bits per heavy atom. The Hall–Kier alpha value is -2.57. The number of carbonyl (C=O) groups is 1. The summed E-state index contributed by atoms with van der Waals surface area (Å²) >= 11 is 0. The minimum atomic E-state index is -0.627. The molecule has 1 heterocycles. The van der Waals surface area contributed by atoms with Crippen molar-refractivity contribution >= 4 is 5.91 Å². The van der Waals surface area contributed by atoms with Gasteiger partial charge in [0, 0.05) is 0 Å². The lowest BCUT2D eigenvalue weighted by Crippen LogP contribution is -2.39. The quantitative estimate of drug-likeness (QED) is 0.747. The van der Waals surface area contributed by atoms with Crippen LogP contribution in [0.2, 0.25) is 0 Å². The van der Waals surface area contributed by atoms with Gasteiger partial charge in [-0.05, 0) is 23.0 Å². The van der Waals surface area contributed by atoms with Crippen LogP contribution in [0.25, 0.3) is 0 Å². The number of hydrogen-bond donors (Lipinski definition) is 3. The van der Waals surface area contributed by atoms with Crippen molar-refractivity contribution in [1.29, 1.82) is 0 Å². The van der Waals surface area contributed by atoms with Gasteiger partial charge in [0.1, 0.15) is 6.54 Å². The first-order valence-electron chi connectivity index (χ1n) is 8.06. The zero-order chi connectivity index (χ0) is 17.9. The maximum absolute atomic E-state index is 12.2. The summed E-state index contributed by atoms with van der Waals surface area (Å²) in [6, 6.07) is 7.95. The molecule has 7 heteroatoms. The van der Waals surface area contributed by atoms with Crippen molar-refractivity contribution in [3.63, 3.8) is 0 Å². The Balaban J connectivity index is 2.15. The van der Waals surface area contributed by atoms with Gasteiger partial charge in [-0.15, -0.1) is 0 Å². The summed E-state index contributed by atoms with van der Waals surface area (Å²) in [6.07, 6.45) is 0. The van der Waals surface area contributed by atoms with Gasteiger partial charge in [0.15, 0.2) is 0 Å². The number of hydrogen-bond acceptors (Lipinski definition) is 3. The largest absolute Gasteiger partial charge is 0.347 e. The van der Waals surface area contributed by atoms with Crippen molar-refractivity contribution in [2.45, 2.75) is 46.2 Å². The molecule has 0 saturated heterocycles. The number of rotatable bonds is 6. The molecule has 2 rings (SSSR count). The molecular formula is C17H24N4O3. The van der Waals surface area contributed by atoms with Crippen molar-refractivity contribution in [3.05, 3.63) is 56.4 Å². The van der Waals surface area contributed by atoms with E-state index in [1.165, 1.54) is 5.56 Å². The molecule has 0 aliphatic carbocycles. The molecule has 7 nitrogen and oxygen atoms in total. The van der Waals surface area contributed by atoms with Gasteiger partial charge < -0.3 is 5.32 Å². The van der Waals surface area contributed by atoms with Gasteiger partial charge >= 0.3 is 11.4 Å². The minimum absolute atomic E-state index is 0.167. The molecule has 24 heavy (non-hydrogen) atoms. The number of benzene rings is 1. The van der Waals surface area contributed by atoms with Crippen LogP contribution < -0.4 is 16.7 Å². The standard InChI is InChI=1S/C17H24N4O3/c1-10(2)12-5-7-13(8-6-12)15(11(3)4)18-14(22)9-21-16(23)19-20-17(21)24/h5-8,10-11,15H,9H2,1-4H3,(H,18,22)(H,19,23)(H,20,24). The van der Waals surface area contributed by atoms with Crippen molar-refractivity contribution in [1.82, 2.24) is 20.1 Å². The van der Waals surface area contributed by atoms with E-state index in [1.807, 2.05) is 26.0 Å². The lowest BCUT2D eigenvalue weighted by Gasteiger charge is -2.23. The molecular weight excluding hydrogens is 308 g/mol. The smallest absolute Gasteiger partial charge is 0.344 e. The summed E-state index contributed by atoms with van der Waals surface area (Å²) < 4.78 is 0.828. The van der Waals surface area contributed by atoms with Gasteiger partial charge in [-0.3, -0.25) is 4.79 Å². The monoisotopic (exact) mass is 332 g/mol. The van der Waals surface area contributed by atoms with E-state index in [9.17, 15) is 14.4 Å². The Bertz CT molecular complexity index is 769. The molecule has 1 aromatic heterocycles. The summed E-state index contributed by atoms with van der Waals surface area (Å²) in [5.41, 5.74) is 0.978. The van der Waals surface area contributed by atoms with Gasteiger partial charge in [0.25, 0.3) is 0 Å². The van der Waals surface area contributed by atoms with E-state index in [-0.39, 0.29) is 24.4 Å². The van der Waals surface area contributed by atoms with Crippen LogP contribution in [0.1, 0.15) is 50.8 Å². The van der Waals surface area contributed by atoms with Crippen LogP contribution in [-0.2, 0) is 11.3 Å². The molecule has 3 N–H and O–H groups in total. The van der Waals surface area contributed by atoms with E-state index in [0.29, 0.717) is 5.92 Å². The van der Waals surface area contributed by atoms with Crippen molar-refractivity contribution in [2.75, 3.05) is 0 Å². The van der Waals surface area contributed by atoms with E-state index in [0.717, 1.165) is 10.1 Å². The van der Waals surface area contributed by atoms with E-state index in [4.69, 9.17) is 0 Å². The van der Waals surface area contributed by atoms with E-state index in [1.54, 1.807) is 0 Å². The first-order valence-corrected chi connectivity index (χ1v) is 8.06. The zero-order valence-electron chi connectivity index (χ0n) is 14.4. The molecule has 130 valence electrons. The van der Waals surface area contributed by atoms with Crippen LogP contribution >= 0.6 is 0 Å². The lowest BCUT2D eigenvalue weighted by molar-refractivity contribution is -0.122. The van der Waals surface area contributed by atoms with Gasteiger partial charge in [-0.1, -0.05) is 52.0 Å². The average Bonchev–Trinajstić information content (AvgIpc) is 2.84. The highest BCUT2D eigenvalue weighted by molar-refractivity contribution is 5.76. The second-order valence-electron chi connectivity index (χ2n) is 6.56. The van der Waals surface area contributed by atoms with E-state index < -0.39 is 11.4 Å². The Labute approximate surface area is 140 Å². The normalized spacial score (nSPS) is 12.6. The summed E-state index contributed by atoms with van der Waals surface area (Å²) in [6.45, 7) is 7.96. The predicted octanol–water partition coefficient (Wildman–Crippen LogP) is 1.50. The molecule has 0 fully saturated rings. The SMILES string of the molecule is CC(C)c1ccc(C(NC(=O)Cn2c(=O)[nH][nH]c2=O)C(C)C)cc1. The second-order valence-corrected chi connectivity index (χ2v) is 6.56. The third kappa shape index (κ3) is 4.04. The molecule has 1 aromatic carbocycles. The molecule has 0 bridgehead atoms. The molecule has 0 saturated carbocycles. The van der Waals surface area contributed by atoms with Crippen LogP contribution in [0.3, 0.4) is 0 Å². The van der Waals surface area contributed by atoms with Gasteiger partial charge in [0.05, 0.1) is 6.04 Å². The van der Waals surface area contributed by atoms with Crippen molar-refractivity contribution < 1.29 is 4.79 Å². The maximum Gasteiger partial charge on any atom is 0.344 e. The molecule has 0 spiro atoms. The molecule has 0 radical (unpaired) electrons. The van der Waals surface area contributed by atoms with Gasteiger partial charge in [0.2, 0.25) is 5.91 Å². The Morgan fingerprint density at radius 1 is 1.00 bits per heavy atom. The highest BCUT2D eigenvalue weighted by Crippen LogP contribution is 2.24. The molecule has 0 aliphatic rings. The predicted molar refractivity (Wildman–Crippen MR) is 91.9 cm³/mol. The van der Waals surface area contributed by atoms with Gasteiger partial charge in [-0.2, -0.15) is 0 Å². The third-order valence-corrected chi connectivity index (χ3v) is 4.01. The van der Waals surface area contributed by atoms with Crippen LogP contribution in [0, 0.1) is 5.92 Å². The van der Waals surface area contributed by atoms with Crippen LogP contribution in [0.4, 0.5) is 0 Å². The summed E-state index contributed by atoms with van der Waals surface area (Å²) in [5.74, 6) is 0.229. The van der Waals surface area contributed by atoms with Crippen LogP contribution in [0.15, 0.2) is 33.9 Å². The minimum Gasteiger partial charge on any atom is -0.347 e. The highest BCUT2D eigenvalue weighted by Gasteiger charge is 2.19. The fraction of sp³-hybridized carbons (Fsp3) is 0.471. The number of nitrogens with zero attached hydrogens (tertiary/aromatic N) is 1. The molecule has 0 aliphatic heterocycles. The van der Waals surface area contributed by atoms with E-state index >= 15 is 0 Å². The Morgan fingerprint density at radius 2 is 1.50 bits per heavy atom. The zero-order valence-corrected chi connectivity index (χ0v) is 14.4. The Kier molecular flexibility index (Phi) is 5.43. The van der Waals surface area contributed by atoms with Crippen molar-refractivity contribution in [2.24, 2.45) is 5.92 Å². The fourth-order valence-corrected chi connectivity index (χ4v) is 2.56. The molecule has 1 amide bonds. The highest BCUT2D eigenvalue weighted by atomic mass is 16.2. The van der Waals surface area contributed by atoms with Crippen LogP contribution in [-0.4, -0.2) is 20.7 Å². The number of H-pyrrole nitrogens is 2. The number of aromatic nitrogens is 3. The maximum atomic E-state index is 12.2. The van der Waals surface area contributed by atoms with Gasteiger partial charge in [-0.25, -0.2) is 24.4 Å². The molecule has 1 unspecified atom stereocenters. The molecule has 1 atom stereocenters. The summed E-state index contributed by atoms with van der Waals surface area (Å²) in [4.78, 5) is 35.2. The van der Waals surface area contributed by atoms with Crippen LogP contribution in [0.5, 0.6) is 0 Å². The first kappa shape index (κ1) is 17.8. The summed E-state index contributed by atoms with van der Waals surface area (Å²) in [5, 5.41) is 7.22. The number of nitrogens with one attached hydrogen (secondary N) is 3. The lowest BCUT2D eigenvalue weighted by atomic mass is 9.93. The topological polar surface area (TPSA) is 99.8 Å². The fourth-order valence-electron chi connectivity index (χ4n) is 2.56. The second kappa shape index (κ2) is 7.33. The van der Waals surface area contributed by atoms with Crippen molar-refractivity contribution in [3.8, 4) is 0 Å². The molecule has 2 aromatic rings. The average molecular weight is 332 g/mol. The summed E-state index contributed by atoms with van der Waals surface area (Å²) in [7, 11) is 0. The number of aromatic amines is 2. The number of amides is 1. The number of carbonyl (C=O) groups excluding carboxylic acids is 1. The van der Waals surface area contributed by atoms with E-state index in [2.05, 4.69) is 41.5 Å². The third-order valence-electron chi connectivity index (χ3n) is 4.01.